The number of aromatic nitrogens is 1. The van der Waals surface area contributed by atoms with Gasteiger partial charge in [0, 0.05) is 36.8 Å². The number of nitrogens with zero attached hydrogens (tertiary/aromatic N) is 3. The van der Waals surface area contributed by atoms with Crippen molar-refractivity contribution in [2.45, 2.75) is 57.5 Å². The molecule has 4 heterocycles. The number of pyridine rings is 1. The van der Waals surface area contributed by atoms with Gasteiger partial charge in [0.05, 0.1) is 11.1 Å². The van der Waals surface area contributed by atoms with E-state index in [0.29, 0.717) is 23.9 Å². The van der Waals surface area contributed by atoms with Gasteiger partial charge in [0.1, 0.15) is 0 Å². The molecule has 148 valence electrons. The van der Waals surface area contributed by atoms with Crippen LogP contribution < -0.4 is 0 Å². The first-order chi connectivity index (χ1) is 13.8. The third kappa shape index (κ3) is 3.02. The average Bonchev–Trinajstić information content (AvgIpc) is 2.75. The highest BCUT2D eigenvalue weighted by atomic mass is 16.2. The standard InChI is InChI=1S/C24H31N3O/c1-2-7-21-18-14-19(22-11-3-4-13-27(21)22)16-26(15-18)24(28)20-10-5-8-17-9-6-12-25-23(17)20/h5-6,8-10,12,18-19,21-22H,2-4,7,11,13-16H2,1H3/t18-,19+,21-,22-/m0/s1. The summed E-state index contributed by atoms with van der Waals surface area (Å²) in [5, 5.41) is 1.05. The van der Waals surface area contributed by atoms with Gasteiger partial charge in [-0.25, -0.2) is 0 Å². The lowest BCUT2D eigenvalue weighted by Crippen LogP contribution is -2.64. The monoisotopic (exact) mass is 377 g/mol. The van der Waals surface area contributed by atoms with Crippen LogP contribution in [0.15, 0.2) is 36.5 Å². The predicted octanol–water partition coefficient (Wildman–Crippen LogP) is 4.35. The summed E-state index contributed by atoms with van der Waals surface area (Å²) in [6, 6.07) is 11.3. The van der Waals surface area contributed by atoms with Crippen molar-refractivity contribution >= 4 is 16.8 Å². The van der Waals surface area contributed by atoms with Crippen molar-refractivity contribution in [1.29, 1.82) is 0 Å². The molecule has 3 aliphatic rings. The first kappa shape index (κ1) is 18.1. The fourth-order valence-corrected chi connectivity index (χ4v) is 6.21. The zero-order chi connectivity index (χ0) is 19.1. The van der Waals surface area contributed by atoms with E-state index in [9.17, 15) is 4.79 Å². The largest absolute Gasteiger partial charge is 0.338 e. The molecule has 1 amide bonds. The maximum Gasteiger partial charge on any atom is 0.256 e. The van der Waals surface area contributed by atoms with Crippen molar-refractivity contribution in [3.05, 3.63) is 42.1 Å². The molecule has 3 saturated heterocycles. The number of carbonyl (C=O) groups is 1. The molecule has 3 fully saturated rings. The van der Waals surface area contributed by atoms with Crippen LogP contribution in [0.3, 0.4) is 0 Å². The van der Waals surface area contributed by atoms with E-state index in [-0.39, 0.29) is 5.91 Å². The highest BCUT2D eigenvalue weighted by molar-refractivity contribution is 6.05. The number of likely N-dealkylation sites (tertiary alicyclic amines) is 1. The maximum absolute atomic E-state index is 13.5. The van der Waals surface area contributed by atoms with Crippen molar-refractivity contribution in [3.63, 3.8) is 0 Å². The Morgan fingerprint density at radius 1 is 1.14 bits per heavy atom. The predicted molar refractivity (Wildman–Crippen MR) is 112 cm³/mol. The van der Waals surface area contributed by atoms with E-state index in [0.717, 1.165) is 29.6 Å². The molecule has 0 aliphatic carbocycles. The molecular weight excluding hydrogens is 346 g/mol. The van der Waals surface area contributed by atoms with Crippen LogP contribution in [-0.2, 0) is 0 Å². The van der Waals surface area contributed by atoms with Crippen LogP contribution in [0.1, 0.15) is 55.8 Å². The zero-order valence-electron chi connectivity index (χ0n) is 16.9. The van der Waals surface area contributed by atoms with E-state index < -0.39 is 0 Å². The molecule has 0 N–H and O–H groups in total. The van der Waals surface area contributed by atoms with Gasteiger partial charge < -0.3 is 4.90 Å². The molecule has 0 spiro atoms. The molecular formula is C24H31N3O. The van der Waals surface area contributed by atoms with Gasteiger partial charge >= 0.3 is 0 Å². The Morgan fingerprint density at radius 3 is 2.89 bits per heavy atom. The molecule has 0 saturated carbocycles. The van der Waals surface area contributed by atoms with Crippen LogP contribution in [0.2, 0.25) is 0 Å². The van der Waals surface area contributed by atoms with Gasteiger partial charge in [-0.1, -0.05) is 38.0 Å². The molecule has 2 bridgehead atoms. The van der Waals surface area contributed by atoms with Crippen LogP contribution in [0.25, 0.3) is 10.9 Å². The van der Waals surface area contributed by atoms with Gasteiger partial charge in [0.2, 0.25) is 0 Å². The van der Waals surface area contributed by atoms with Gasteiger partial charge in [0.15, 0.2) is 0 Å². The lowest BCUT2D eigenvalue weighted by Gasteiger charge is -2.57. The van der Waals surface area contributed by atoms with Crippen LogP contribution in [-0.4, -0.2) is 52.4 Å². The smallest absolute Gasteiger partial charge is 0.256 e. The van der Waals surface area contributed by atoms with Crippen LogP contribution in [0.5, 0.6) is 0 Å². The molecule has 4 nitrogen and oxygen atoms in total. The second kappa shape index (κ2) is 7.47. The minimum atomic E-state index is 0.179. The van der Waals surface area contributed by atoms with E-state index in [1.165, 1.54) is 45.1 Å². The molecule has 3 aliphatic heterocycles. The van der Waals surface area contributed by atoms with E-state index in [1.54, 1.807) is 6.20 Å². The van der Waals surface area contributed by atoms with Crippen molar-refractivity contribution in [3.8, 4) is 0 Å². The first-order valence-corrected chi connectivity index (χ1v) is 11.1. The fraction of sp³-hybridized carbons (Fsp3) is 0.583. The van der Waals surface area contributed by atoms with E-state index in [2.05, 4.69) is 21.7 Å². The maximum atomic E-state index is 13.5. The zero-order valence-corrected chi connectivity index (χ0v) is 16.9. The van der Waals surface area contributed by atoms with Gasteiger partial charge in [-0.15, -0.1) is 0 Å². The normalized spacial score (nSPS) is 30.2. The Hall–Kier alpha value is -1.94. The topological polar surface area (TPSA) is 36.4 Å². The number of hydrogen-bond donors (Lipinski definition) is 0. The number of fused-ring (bicyclic) bond motifs is 5. The summed E-state index contributed by atoms with van der Waals surface area (Å²) < 4.78 is 0. The average molecular weight is 378 g/mol. The molecule has 2 aromatic rings. The van der Waals surface area contributed by atoms with E-state index in [1.807, 2.05) is 30.3 Å². The summed E-state index contributed by atoms with van der Waals surface area (Å²) in [6.07, 6.45) is 9.62. The number of piperidine rings is 3. The lowest BCUT2D eigenvalue weighted by atomic mass is 9.71. The number of carbonyl (C=O) groups excluding carboxylic acids is 1. The second-order valence-electron chi connectivity index (χ2n) is 9.00. The van der Waals surface area contributed by atoms with Crippen LogP contribution >= 0.6 is 0 Å². The van der Waals surface area contributed by atoms with Gasteiger partial charge in [0.25, 0.3) is 5.91 Å². The first-order valence-electron chi connectivity index (χ1n) is 11.1. The summed E-state index contributed by atoms with van der Waals surface area (Å²) >= 11 is 0. The van der Waals surface area contributed by atoms with E-state index >= 15 is 0 Å². The molecule has 5 rings (SSSR count). The van der Waals surface area contributed by atoms with Crippen molar-refractivity contribution in [2.75, 3.05) is 19.6 Å². The highest BCUT2D eigenvalue weighted by Crippen LogP contribution is 2.42. The number of amides is 1. The molecule has 0 unspecified atom stereocenters. The number of rotatable bonds is 3. The fourth-order valence-electron chi connectivity index (χ4n) is 6.21. The van der Waals surface area contributed by atoms with Crippen LogP contribution in [0.4, 0.5) is 0 Å². The minimum absolute atomic E-state index is 0.179. The van der Waals surface area contributed by atoms with Gasteiger partial charge in [-0.05, 0) is 56.2 Å². The summed E-state index contributed by atoms with van der Waals surface area (Å²) in [5.74, 6) is 1.44. The Bertz CT molecular complexity index is 861. The van der Waals surface area contributed by atoms with E-state index in [4.69, 9.17) is 0 Å². The van der Waals surface area contributed by atoms with Gasteiger partial charge in [-0.3, -0.25) is 14.7 Å². The Balaban J connectivity index is 1.45. The molecule has 1 aromatic carbocycles. The van der Waals surface area contributed by atoms with Crippen molar-refractivity contribution in [2.24, 2.45) is 11.8 Å². The highest BCUT2D eigenvalue weighted by Gasteiger charge is 2.47. The van der Waals surface area contributed by atoms with Crippen molar-refractivity contribution < 1.29 is 4.79 Å². The third-order valence-corrected chi connectivity index (χ3v) is 7.36. The Kier molecular flexibility index (Phi) is 4.83. The molecule has 0 radical (unpaired) electrons. The molecule has 4 heteroatoms. The second-order valence-corrected chi connectivity index (χ2v) is 9.00. The van der Waals surface area contributed by atoms with Crippen LogP contribution in [0, 0.1) is 11.8 Å². The summed E-state index contributed by atoms with van der Waals surface area (Å²) in [4.78, 5) is 23.1. The summed E-state index contributed by atoms with van der Waals surface area (Å²) in [6.45, 7) is 5.40. The SMILES string of the molecule is CCC[C@H]1[C@H]2C[C@H](CN(C(=O)c3cccc4cccnc34)C2)[C@@H]2CCCCN21. The third-order valence-electron chi connectivity index (χ3n) is 7.36. The number of para-hydroxylation sites is 1. The Morgan fingerprint density at radius 2 is 2.00 bits per heavy atom. The lowest BCUT2D eigenvalue weighted by molar-refractivity contribution is -0.0670. The molecule has 1 aromatic heterocycles. The molecule has 28 heavy (non-hydrogen) atoms. The summed E-state index contributed by atoms with van der Waals surface area (Å²) in [7, 11) is 0. The minimum Gasteiger partial charge on any atom is -0.338 e. The van der Waals surface area contributed by atoms with Gasteiger partial charge in [-0.2, -0.15) is 0 Å². The molecule has 4 atom stereocenters. The number of hydrogen-bond acceptors (Lipinski definition) is 3. The Labute approximate surface area is 167 Å². The summed E-state index contributed by atoms with van der Waals surface area (Å²) in [5.41, 5.74) is 1.61. The van der Waals surface area contributed by atoms with Crippen molar-refractivity contribution in [1.82, 2.24) is 14.8 Å². The number of benzene rings is 1. The quantitative estimate of drug-likeness (QED) is 0.798.